The molecule has 2 aliphatic heterocycles. The zero-order valence-corrected chi connectivity index (χ0v) is 13.8. The van der Waals surface area contributed by atoms with Gasteiger partial charge in [0.25, 0.3) is 0 Å². The molecule has 2 aromatic rings. The lowest BCUT2D eigenvalue weighted by atomic mass is 10.1. The molecule has 0 radical (unpaired) electrons. The molecule has 1 aromatic carbocycles. The summed E-state index contributed by atoms with van der Waals surface area (Å²) in [4.78, 5) is 13.7. The van der Waals surface area contributed by atoms with E-state index in [0.29, 0.717) is 19.1 Å². The van der Waals surface area contributed by atoms with Crippen molar-refractivity contribution < 1.29 is 9.53 Å². The molecule has 4 rings (SSSR count). The number of benzene rings is 1. The quantitative estimate of drug-likeness (QED) is 0.820. The van der Waals surface area contributed by atoms with E-state index in [1.165, 1.54) is 5.56 Å². The number of hydrogen-bond acceptors (Lipinski definition) is 4. The Morgan fingerprint density at radius 1 is 1.33 bits per heavy atom. The molecule has 24 heavy (non-hydrogen) atoms. The topological polar surface area (TPSA) is 59.2 Å². The molecule has 1 amide bonds. The summed E-state index contributed by atoms with van der Waals surface area (Å²) >= 11 is 0. The number of carbonyl (C=O) groups excluding carboxylic acids is 1. The summed E-state index contributed by atoms with van der Waals surface area (Å²) in [5, 5.41) is 7.18. The van der Waals surface area contributed by atoms with Gasteiger partial charge in [0.2, 0.25) is 5.91 Å². The fourth-order valence-electron chi connectivity index (χ4n) is 3.22. The van der Waals surface area contributed by atoms with E-state index < -0.39 is 0 Å². The minimum atomic E-state index is 0.141. The van der Waals surface area contributed by atoms with E-state index in [0.717, 1.165) is 30.8 Å². The van der Waals surface area contributed by atoms with Crippen LogP contribution in [0, 0.1) is 0 Å². The summed E-state index contributed by atoms with van der Waals surface area (Å²) in [7, 11) is 1.94. The molecule has 2 fully saturated rings. The predicted octanol–water partition coefficient (Wildman–Crippen LogP) is 1.63. The molecular weight excluding hydrogens is 304 g/mol. The molecule has 0 saturated carbocycles. The Morgan fingerprint density at radius 2 is 2.17 bits per heavy atom. The van der Waals surface area contributed by atoms with Gasteiger partial charge in [-0.25, -0.2) is 0 Å². The Hall–Kier alpha value is -2.34. The van der Waals surface area contributed by atoms with Gasteiger partial charge < -0.3 is 10.1 Å². The van der Waals surface area contributed by atoms with Crippen molar-refractivity contribution in [3.05, 3.63) is 47.8 Å². The molecular formula is C18H22N4O2. The summed E-state index contributed by atoms with van der Waals surface area (Å²) in [6.45, 7) is 2.71. The summed E-state index contributed by atoms with van der Waals surface area (Å²) in [5.41, 5.74) is 2.39. The highest BCUT2D eigenvalue weighted by atomic mass is 16.5. The third-order valence-corrected chi connectivity index (χ3v) is 4.69. The van der Waals surface area contributed by atoms with Crippen molar-refractivity contribution in [1.29, 1.82) is 0 Å². The lowest BCUT2D eigenvalue weighted by molar-refractivity contribution is -0.119. The smallest absolute Gasteiger partial charge is 0.220 e. The Balaban J connectivity index is 1.24. The number of rotatable bonds is 6. The average molecular weight is 326 g/mol. The largest absolute Gasteiger partial charge is 0.492 e. The second kappa shape index (κ2) is 6.28. The number of nitrogens with zero attached hydrogens (tertiary/aromatic N) is 3. The maximum Gasteiger partial charge on any atom is 0.220 e. The van der Waals surface area contributed by atoms with Gasteiger partial charge in [-0.3, -0.25) is 14.4 Å². The number of aromatic nitrogens is 2. The van der Waals surface area contributed by atoms with Gasteiger partial charge in [0.15, 0.2) is 0 Å². The minimum Gasteiger partial charge on any atom is -0.492 e. The van der Waals surface area contributed by atoms with Crippen LogP contribution < -0.4 is 10.1 Å². The van der Waals surface area contributed by atoms with Gasteiger partial charge in [0, 0.05) is 38.3 Å². The molecule has 0 bridgehead atoms. The highest BCUT2D eigenvalue weighted by Gasteiger charge is 2.34. The van der Waals surface area contributed by atoms with Crippen LogP contribution in [0.5, 0.6) is 5.75 Å². The van der Waals surface area contributed by atoms with Crippen molar-refractivity contribution in [2.24, 2.45) is 7.05 Å². The number of amides is 1. The molecule has 2 saturated heterocycles. The van der Waals surface area contributed by atoms with Crippen molar-refractivity contribution in [2.75, 3.05) is 13.2 Å². The zero-order chi connectivity index (χ0) is 16.5. The first kappa shape index (κ1) is 15.2. The van der Waals surface area contributed by atoms with Gasteiger partial charge in [-0.2, -0.15) is 5.10 Å². The van der Waals surface area contributed by atoms with Crippen LogP contribution in [0.3, 0.4) is 0 Å². The molecule has 1 N–H and O–H groups in total. The Morgan fingerprint density at radius 3 is 2.83 bits per heavy atom. The van der Waals surface area contributed by atoms with Crippen molar-refractivity contribution in [2.45, 2.75) is 31.5 Å². The molecule has 0 aliphatic carbocycles. The van der Waals surface area contributed by atoms with Crippen LogP contribution in [0.4, 0.5) is 0 Å². The van der Waals surface area contributed by atoms with Crippen molar-refractivity contribution >= 4 is 5.91 Å². The average Bonchev–Trinajstić information content (AvgIpc) is 2.94. The normalized spacial score (nSPS) is 25.5. The second-order valence-electron chi connectivity index (χ2n) is 6.64. The first-order valence-electron chi connectivity index (χ1n) is 8.41. The third-order valence-electron chi connectivity index (χ3n) is 4.69. The maximum absolute atomic E-state index is 11.3. The lowest BCUT2D eigenvalue weighted by Gasteiger charge is -2.11. The fraction of sp³-hybridized carbons (Fsp3) is 0.444. The first-order chi connectivity index (χ1) is 11.7. The minimum absolute atomic E-state index is 0.141. The lowest BCUT2D eigenvalue weighted by Crippen LogP contribution is -2.18. The van der Waals surface area contributed by atoms with E-state index in [-0.39, 0.29) is 11.9 Å². The van der Waals surface area contributed by atoms with Crippen LogP contribution in [0.2, 0.25) is 0 Å². The Labute approximate surface area is 141 Å². The molecule has 0 spiro atoms. The summed E-state index contributed by atoms with van der Waals surface area (Å²) in [5.74, 6) is 1.03. The van der Waals surface area contributed by atoms with Crippen LogP contribution >= 0.6 is 0 Å². The summed E-state index contributed by atoms with van der Waals surface area (Å²) < 4.78 is 7.72. The van der Waals surface area contributed by atoms with Gasteiger partial charge in [-0.05, 0) is 24.1 Å². The van der Waals surface area contributed by atoms with Crippen LogP contribution in [-0.4, -0.2) is 39.8 Å². The Bertz CT molecular complexity index is 725. The second-order valence-corrected chi connectivity index (χ2v) is 6.64. The maximum atomic E-state index is 11.3. The van der Waals surface area contributed by atoms with Crippen molar-refractivity contribution in [1.82, 2.24) is 20.0 Å². The van der Waals surface area contributed by atoms with Crippen LogP contribution in [0.1, 0.15) is 30.0 Å². The van der Waals surface area contributed by atoms with Gasteiger partial charge in [-0.1, -0.05) is 12.1 Å². The van der Waals surface area contributed by atoms with Crippen LogP contribution in [-0.2, 0) is 18.4 Å². The van der Waals surface area contributed by atoms with E-state index in [1.807, 2.05) is 42.2 Å². The van der Waals surface area contributed by atoms with E-state index >= 15 is 0 Å². The number of hydrogen-bond donors (Lipinski definition) is 1. The van der Waals surface area contributed by atoms with E-state index in [4.69, 9.17) is 4.74 Å². The highest BCUT2D eigenvalue weighted by Crippen LogP contribution is 2.26. The molecule has 6 heteroatoms. The number of carbonyl (C=O) groups is 1. The highest BCUT2D eigenvalue weighted by molar-refractivity contribution is 5.78. The van der Waals surface area contributed by atoms with Crippen molar-refractivity contribution in [3.8, 4) is 5.75 Å². The summed E-state index contributed by atoms with van der Waals surface area (Å²) in [6, 6.07) is 8.72. The monoisotopic (exact) mass is 326 g/mol. The molecule has 3 heterocycles. The molecule has 2 aliphatic rings. The van der Waals surface area contributed by atoms with Crippen molar-refractivity contribution in [3.63, 3.8) is 0 Å². The molecule has 3 atom stereocenters. The standard InChI is InChI=1S/C18H22N4O2/c1-21-9-13(8-19-21)10-22-11-15(22)12-24-16-4-2-14(3-5-16)17-6-7-18(23)20-17/h2-5,8-9,15,17H,6-7,10-12H2,1H3,(H,20,23). The summed E-state index contributed by atoms with van der Waals surface area (Å²) in [6.07, 6.45) is 5.47. The molecule has 1 aromatic heterocycles. The molecule has 3 unspecified atom stereocenters. The van der Waals surface area contributed by atoms with Gasteiger partial charge in [0.05, 0.1) is 18.3 Å². The fourth-order valence-corrected chi connectivity index (χ4v) is 3.22. The van der Waals surface area contributed by atoms with E-state index in [1.54, 1.807) is 0 Å². The zero-order valence-electron chi connectivity index (χ0n) is 13.8. The van der Waals surface area contributed by atoms with Crippen LogP contribution in [0.25, 0.3) is 0 Å². The van der Waals surface area contributed by atoms with Crippen LogP contribution in [0.15, 0.2) is 36.7 Å². The first-order valence-corrected chi connectivity index (χ1v) is 8.41. The van der Waals surface area contributed by atoms with E-state index in [2.05, 4.69) is 21.5 Å². The number of aryl methyl sites for hydroxylation is 1. The third kappa shape index (κ3) is 3.43. The number of ether oxygens (including phenoxy) is 1. The van der Waals surface area contributed by atoms with Gasteiger partial charge in [-0.15, -0.1) is 0 Å². The number of nitrogens with one attached hydrogen (secondary N) is 1. The Kier molecular flexibility index (Phi) is 3.98. The van der Waals surface area contributed by atoms with Gasteiger partial charge in [0.1, 0.15) is 12.4 Å². The van der Waals surface area contributed by atoms with Gasteiger partial charge >= 0.3 is 0 Å². The molecule has 6 nitrogen and oxygen atoms in total. The van der Waals surface area contributed by atoms with E-state index in [9.17, 15) is 4.79 Å². The SMILES string of the molecule is Cn1cc(CN2CC2COc2ccc(C3CCC(=O)N3)cc2)cn1. The predicted molar refractivity (Wildman–Crippen MR) is 89.5 cm³/mol. The molecule has 126 valence electrons.